The van der Waals surface area contributed by atoms with E-state index in [1.54, 1.807) is 0 Å². The van der Waals surface area contributed by atoms with Crippen LogP contribution in [0.25, 0.3) is 0 Å². The van der Waals surface area contributed by atoms with Crippen molar-refractivity contribution >= 4 is 0 Å². The van der Waals surface area contributed by atoms with Crippen LogP contribution >= 0.6 is 0 Å². The van der Waals surface area contributed by atoms with Gasteiger partial charge in [-0.1, -0.05) is 0 Å². The van der Waals surface area contributed by atoms with E-state index in [1.165, 1.54) is 0 Å². The summed E-state index contributed by atoms with van der Waals surface area (Å²) in [5, 5.41) is 0. The minimum Gasteiger partial charge on any atom is -0.270 e. The summed E-state index contributed by atoms with van der Waals surface area (Å²) in [4.78, 5) is 0. The predicted molar refractivity (Wildman–Crippen MR) is 25.7 cm³/mol. The van der Waals surface area contributed by atoms with Crippen molar-refractivity contribution in [3.63, 3.8) is 0 Å². The Bertz CT molecular complexity index is 233. The van der Waals surface area contributed by atoms with E-state index in [0.717, 1.165) is 0 Å². The molecule has 1 rings (SSSR count). The minimum atomic E-state index is -6.06. The third kappa shape index (κ3) is 1.33. The fraction of sp³-hybridized carbons (Fsp3) is 1.00. The molecule has 0 spiro atoms. The number of alkyl halides is 8. The smallest absolute Gasteiger partial charge is 0.270 e. The molecule has 0 aromatic heterocycles. The Hall–Kier alpha value is -0.600. The molecule has 1 nitrogen and oxygen atoms in total. The molecule has 14 heavy (non-hydrogen) atoms. The van der Waals surface area contributed by atoms with E-state index in [1.807, 2.05) is 0 Å². The maximum atomic E-state index is 12.5. The molecule has 0 aliphatic carbocycles. The second-order valence-electron chi connectivity index (χ2n) is 2.61. The maximum Gasteiger partial charge on any atom is 0.451 e. The average Bonchev–Trinajstić information content (AvgIpc) is 2.11. The molecular formula is C5H2F8O. The van der Waals surface area contributed by atoms with Crippen LogP contribution < -0.4 is 0 Å². The highest BCUT2D eigenvalue weighted by Gasteiger charge is 2.78. The summed E-state index contributed by atoms with van der Waals surface area (Å²) >= 11 is 0. The van der Waals surface area contributed by atoms with Gasteiger partial charge in [0, 0.05) is 0 Å². The molecule has 1 heterocycles. The lowest BCUT2D eigenvalue weighted by molar-refractivity contribution is -0.385. The van der Waals surface area contributed by atoms with Gasteiger partial charge in [0.25, 0.3) is 0 Å². The van der Waals surface area contributed by atoms with Gasteiger partial charge in [-0.15, -0.1) is 0 Å². The van der Waals surface area contributed by atoms with Crippen molar-refractivity contribution in [3.05, 3.63) is 0 Å². The van der Waals surface area contributed by atoms with E-state index < -0.39 is 30.5 Å². The second kappa shape index (κ2) is 2.71. The van der Waals surface area contributed by atoms with E-state index in [9.17, 15) is 35.1 Å². The third-order valence-corrected chi connectivity index (χ3v) is 1.60. The fourth-order valence-electron chi connectivity index (χ4n) is 0.883. The van der Waals surface area contributed by atoms with Gasteiger partial charge in [0.15, 0.2) is 0 Å². The van der Waals surface area contributed by atoms with Gasteiger partial charge in [-0.25, -0.2) is 8.78 Å². The largest absolute Gasteiger partial charge is 0.451 e. The van der Waals surface area contributed by atoms with Crippen molar-refractivity contribution in [2.75, 3.05) is 0 Å². The van der Waals surface area contributed by atoms with Crippen molar-refractivity contribution in [2.24, 2.45) is 0 Å². The van der Waals surface area contributed by atoms with Crippen LogP contribution in [0.3, 0.4) is 0 Å². The molecule has 84 valence electrons. The number of rotatable bonds is 0. The monoisotopic (exact) mass is 230 g/mol. The van der Waals surface area contributed by atoms with Crippen LogP contribution in [-0.4, -0.2) is 30.5 Å². The lowest BCUT2D eigenvalue weighted by Gasteiger charge is -2.23. The average molecular weight is 230 g/mol. The van der Waals surface area contributed by atoms with Crippen LogP contribution in [0.2, 0.25) is 0 Å². The first-order valence-electron chi connectivity index (χ1n) is 3.14. The van der Waals surface area contributed by atoms with Crippen molar-refractivity contribution in [2.45, 2.75) is 30.5 Å². The first-order valence-corrected chi connectivity index (χ1v) is 3.14. The van der Waals surface area contributed by atoms with Crippen LogP contribution in [0, 0.1) is 0 Å². The fourth-order valence-corrected chi connectivity index (χ4v) is 0.883. The van der Waals surface area contributed by atoms with E-state index in [2.05, 4.69) is 4.74 Å². The molecule has 1 aliphatic heterocycles. The van der Waals surface area contributed by atoms with Gasteiger partial charge >= 0.3 is 18.1 Å². The molecule has 0 aromatic rings. The summed E-state index contributed by atoms with van der Waals surface area (Å²) in [5.74, 6) is -5.30. The highest BCUT2D eigenvalue weighted by Crippen LogP contribution is 2.52. The van der Waals surface area contributed by atoms with Crippen molar-refractivity contribution in [1.29, 1.82) is 0 Å². The maximum absolute atomic E-state index is 12.5. The molecule has 0 saturated carbocycles. The van der Waals surface area contributed by atoms with Gasteiger partial charge in [-0.3, -0.25) is 4.74 Å². The lowest BCUT2D eigenvalue weighted by atomic mass is 10.1. The highest BCUT2D eigenvalue weighted by molar-refractivity contribution is 5.00. The van der Waals surface area contributed by atoms with E-state index in [0.29, 0.717) is 0 Å². The molecule has 1 fully saturated rings. The Labute approximate surface area is 71.6 Å². The van der Waals surface area contributed by atoms with Gasteiger partial charge in [-0.05, 0) is 0 Å². The zero-order valence-corrected chi connectivity index (χ0v) is 6.09. The van der Waals surface area contributed by atoms with Gasteiger partial charge in [0.05, 0.1) is 0 Å². The Morgan fingerprint density at radius 2 is 1.36 bits per heavy atom. The van der Waals surface area contributed by atoms with Crippen molar-refractivity contribution in [1.82, 2.24) is 0 Å². The first kappa shape index (κ1) is 11.5. The summed E-state index contributed by atoms with van der Waals surface area (Å²) < 4.78 is 98.5. The first-order chi connectivity index (χ1) is 6.02. The summed E-state index contributed by atoms with van der Waals surface area (Å²) in [7, 11) is 0. The SMILES string of the molecule is F[C@@H]1[C@@H](F)C(F)(C(F)(F)F)OC1(F)F. The standard InChI is InChI=1S/C5H2F8O/c6-1-2(7)4(9,10)14-3(1,8)5(11,12)13/h1-2H/t1-,2-,3?/m1/s1. The van der Waals surface area contributed by atoms with Crippen LogP contribution in [-0.2, 0) is 4.74 Å². The quantitative estimate of drug-likeness (QED) is 0.581. The van der Waals surface area contributed by atoms with Crippen LogP contribution in [0.15, 0.2) is 0 Å². The predicted octanol–water partition coefficient (Wildman–Crippen LogP) is 2.51. The minimum absolute atomic E-state index is 2.45. The molecular weight excluding hydrogens is 228 g/mol. The van der Waals surface area contributed by atoms with Crippen molar-refractivity contribution < 1.29 is 39.9 Å². The molecule has 0 amide bonds. The molecule has 1 unspecified atom stereocenters. The van der Waals surface area contributed by atoms with Crippen LogP contribution in [0.4, 0.5) is 35.1 Å². The molecule has 1 aliphatic rings. The number of hydrogen-bond acceptors (Lipinski definition) is 1. The Kier molecular flexibility index (Phi) is 2.22. The van der Waals surface area contributed by atoms with Gasteiger partial charge < -0.3 is 0 Å². The number of halogens is 8. The Morgan fingerprint density at radius 1 is 0.929 bits per heavy atom. The van der Waals surface area contributed by atoms with E-state index in [4.69, 9.17) is 0 Å². The van der Waals surface area contributed by atoms with Gasteiger partial charge in [-0.2, -0.15) is 26.3 Å². The molecule has 0 aromatic carbocycles. The third-order valence-electron chi connectivity index (χ3n) is 1.60. The molecule has 3 atom stereocenters. The topological polar surface area (TPSA) is 9.23 Å². The summed E-state index contributed by atoms with van der Waals surface area (Å²) in [5.41, 5.74) is 0. The Balaban J connectivity index is 3.06. The van der Waals surface area contributed by atoms with Crippen LogP contribution in [0.1, 0.15) is 0 Å². The molecule has 1 saturated heterocycles. The highest BCUT2D eigenvalue weighted by atomic mass is 19.4. The van der Waals surface area contributed by atoms with E-state index >= 15 is 0 Å². The summed E-state index contributed by atoms with van der Waals surface area (Å²) in [6.07, 6.45) is -19.3. The normalized spacial score (nSPS) is 42.9. The lowest BCUT2D eigenvalue weighted by Crippen LogP contribution is -2.48. The number of hydrogen-bond donors (Lipinski definition) is 0. The molecule has 9 heteroatoms. The summed E-state index contributed by atoms with van der Waals surface area (Å²) in [6, 6.07) is 0. The molecule has 0 radical (unpaired) electrons. The van der Waals surface area contributed by atoms with Crippen molar-refractivity contribution in [3.8, 4) is 0 Å². The number of ether oxygens (including phenoxy) is 1. The van der Waals surface area contributed by atoms with E-state index in [-0.39, 0.29) is 0 Å². The van der Waals surface area contributed by atoms with Gasteiger partial charge in [0.2, 0.25) is 12.3 Å². The Morgan fingerprint density at radius 3 is 1.50 bits per heavy atom. The molecule has 0 bridgehead atoms. The second-order valence-corrected chi connectivity index (χ2v) is 2.61. The zero-order valence-electron chi connectivity index (χ0n) is 6.09. The molecule has 0 N–H and O–H groups in total. The summed E-state index contributed by atoms with van der Waals surface area (Å²) in [6.45, 7) is 0. The van der Waals surface area contributed by atoms with Gasteiger partial charge in [0.1, 0.15) is 0 Å². The van der Waals surface area contributed by atoms with Crippen LogP contribution in [0.5, 0.6) is 0 Å². The zero-order chi connectivity index (χ0) is 11.4.